The number of amides is 1. The molecule has 26 heavy (non-hydrogen) atoms. The summed E-state index contributed by atoms with van der Waals surface area (Å²) < 4.78 is 57.5. The van der Waals surface area contributed by atoms with Gasteiger partial charge in [-0.05, 0) is 38.3 Å². The first kappa shape index (κ1) is 24.3. The van der Waals surface area contributed by atoms with E-state index in [1.165, 1.54) is 5.56 Å². The highest BCUT2D eigenvalue weighted by molar-refractivity contribution is 7.86. The third-order valence-corrected chi connectivity index (χ3v) is 3.71. The molecule has 1 rings (SSSR count). The molecule has 0 saturated carbocycles. The molecule has 1 amide bonds. The number of nitrogens with one attached hydrogen (secondary N) is 1. The van der Waals surface area contributed by atoms with Gasteiger partial charge in [0, 0.05) is 6.04 Å². The van der Waals surface area contributed by atoms with E-state index >= 15 is 0 Å². The maximum Gasteiger partial charge on any atom is 0.522 e. The van der Waals surface area contributed by atoms with Crippen molar-refractivity contribution < 1.29 is 30.9 Å². The molecule has 0 aliphatic carbocycles. The fourth-order valence-corrected chi connectivity index (χ4v) is 1.84. The van der Waals surface area contributed by atoms with Gasteiger partial charge in [0.25, 0.3) is 0 Å². The minimum Gasteiger partial charge on any atom is -0.352 e. The third kappa shape index (κ3) is 10.3. The highest BCUT2D eigenvalue weighted by atomic mass is 32.2. The summed E-state index contributed by atoms with van der Waals surface area (Å²) in [5, 5.41) is 2.93. The first-order chi connectivity index (χ1) is 11.9. The van der Waals surface area contributed by atoms with Crippen molar-refractivity contribution in [3.8, 4) is 0 Å². The first-order valence-electron chi connectivity index (χ1n) is 7.72. The molecule has 0 heterocycles. The Bertz CT molecular complexity index is 639. The van der Waals surface area contributed by atoms with Crippen LogP contribution in [0, 0.1) is 0 Å². The van der Waals surface area contributed by atoms with E-state index in [1.807, 2.05) is 25.1 Å². The molecule has 11 heteroatoms. The number of benzene rings is 1. The van der Waals surface area contributed by atoms with Gasteiger partial charge in [-0.15, -0.1) is 0 Å². The molecule has 0 saturated heterocycles. The van der Waals surface area contributed by atoms with E-state index in [0.29, 0.717) is 13.0 Å². The lowest BCUT2D eigenvalue weighted by Gasteiger charge is -2.17. The van der Waals surface area contributed by atoms with Crippen LogP contribution in [0.5, 0.6) is 0 Å². The number of carbonyl (C=O) groups is 1. The molecule has 150 valence electrons. The zero-order valence-corrected chi connectivity index (χ0v) is 15.1. The number of alkyl halides is 3. The van der Waals surface area contributed by atoms with Crippen molar-refractivity contribution >= 4 is 16.0 Å². The topological polar surface area (TPSA) is 136 Å². The van der Waals surface area contributed by atoms with Gasteiger partial charge in [-0.2, -0.15) is 21.6 Å². The van der Waals surface area contributed by atoms with Crippen LogP contribution in [-0.4, -0.2) is 43.0 Å². The van der Waals surface area contributed by atoms with Crippen LogP contribution in [0.4, 0.5) is 13.2 Å². The fraction of sp³-hybridized carbons (Fsp3) is 0.533. The van der Waals surface area contributed by atoms with E-state index in [9.17, 15) is 18.0 Å². The molecule has 7 nitrogen and oxygen atoms in total. The Morgan fingerprint density at radius 2 is 1.77 bits per heavy atom. The highest BCUT2D eigenvalue weighted by Crippen LogP contribution is 2.20. The zero-order chi connectivity index (χ0) is 20.4. The quantitative estimate of drug-likeness (QED) is 0.402. The number of hydrogen-bond donors (Lipinski definition) is 4. The molecule has 0 bridgehead atoms. The van der Waals surface area contributed by atoms with Crippen molar-refractivity contribution in [2.75, 3.05) is 6.54 Å². The second kappa shape index (κ2) is 11.1. The van der Waals surface area contributed by atoms with Crippen LogP contribution in [0.15, 0.2) is 30.3 Å². The van der Waals surface area contributed by atoms with Gasteiger partial charge in [-0.1, -0.05) is 30.3 Å². The summed E-state index contributed by atoms with van der Waals surface area (Å²) in [6, 6.07) is 9.72. The predicted octanol–water partition coefficient (Wildman–Crippen LogP) is 1.19. The molecule has 0 radical (unpaired) electrons. The van der Waals surface area contributed by atoms with E-state index in [2.05, 4.69) is 17.4 Å². The maximum absolute atomic E-state index is 11.8. The monoisotopic (exact) mass is 399 g/mol. The van der Waals surface area contributed by atoms with Gasteiger partial charge in [0.15, 0.2) is 0 Å². The van der Waals surface area contributed by atoms with Crippen LogP contribution >= 0.6 is 0 Å². The highest BCUT2D eigenvalue weighted by Gasteiger charge is 2.44. The SMILES string of the molecule is C[C@@H](Cc1ccccc1)NC(=O)C(N)CCCN.O=S(=O)(O)C(F)(F)F. The molecule has 1 unspecified atom stereocenters. The summed E-state index contributed by atoms with van der Waals surface area (Å²) in [6.07, 6.45) is 2.23. The number of carbonyl (C=O) groups excluding carboxylic acids is 1. The summed E-state index contributed by atoms with van der Waals surface area (Å²) in [5.41, 5.74) is 6.84. The van der Waals surface area contributed by atoms with Gasteiger partial charge >= 0.3 is 15.6 Å². The van der Waals surface area contributed by atoms with E-state index in [1.54, 1.807) is 0 Å². The number of nitrogens with two attached hydrogens (primary N) is 2. The summed E-state index contributed by atoms with van der Waals surface area (Å²) >= 11 is 0. The summed E-state index contributed by atoms with van der Waals surface area (Å²) in [6.45, 7) is 2.56. The van der Waals surface area contributed by atoms with Gasteiger partial charge in [-0.3, -0.25) is 9.35 Å². The van der Waals surface area contributed by atoms with Crippen LogP contribution in [-0.2, 0) is 21.3 Å². The molecular weight excluding hydrogens is 375 g/mol. The standard InChI is InChI=1S/C14H23N3O.CHF3O3S/c1-11(10-12-6-3-2-4-7-12)17-14(18)13(16)8-5-9-15;2-1(3,4)8(5,6)7/h2-4,6-7,11,13H,5,8-10,15-16H2,1H3,(H,17,18);(H,5,6,7)/t11-,13?;/m0./s1. The fourth-order valence-electron chi connectivity index (χ4n) is 1.84. The van der Waals surface area contributed by atoms with E-state index in [4.69, 9.17) is 24.4 Å². The lowest BCUT2D eigenvalue weighted by Crippen LogP contribution is -2.45. The Balaban J connectivity index is 0.000000660. The van der Waals surface area contributed by atoms with Crippen molar-refractivity contribution in [1.29, 1.82) is 0 Å². The lowest BCUT2D eigenvalue weighted by atomic mass is 10.1. The van der Waals surface area contributed by atoms with Gasteiger partial charge in [0.1, 0.15) is 0 Å². The molecule has 0 fully saturated rings. The molecule has 0 aliphatic heterocycles. The molecule has 0 aliphatic rings. The molecule has 1 aromatic carbocycles. The molecule has 1 aromatic rings. The van der Waals surface area contributed by atoms with E-state index < -0.39 is 21.7 Å². The molecule has 0 spiro atoms. The van der Waals surface area contributed by atoms with Crippen LogP contribution in [0.1, 0.15) is 25.3 Å². The number of halogens is 3. The molecule has 0 aromatic heterocycles. The smallest absolute Gasteiger partial charge is 0.352 e. The zero-order valence-electron chi connectivity index (χ0n) is 14.2. The van der Waals surface area contributed by atoms with Gasteiger partial charge in [0.2, 0.25) is 5.91 Å². The second-order valence-corrected chi connectivity index (χ2v) is 6.97. The normalized spacial score (nSPS) is 14.0. The van der Waals surface area contributed by atoms with E-state index in [0.717, 1.165) is 12.8 Å². The largest absolute Gasteiger partial charge is 0.522 e. The number of rotatable bonds is 7. The average Bonchev–Trinajstić information content (AvgIpc) is 2.52. The van der Waals surface area contributed by atoms with Crippen LogP contribution in [0.2, 0.25) is 0 Å². The Morgan fingerprint density at radius 3 is 2.19 bits per heavy atom. The maximum atomic E-state index is 11.8. The Hall–Kier alpha value is -1.69. The summed E-state index contributed by atoms with van der Waals surface area (Å²) in [7, 11) is -5.84. The minimum absolute atomic E-state index is 0.0869. The number of hydrogen-bond acceptors (Lipinski definition) is 5. The van der Waals surface area contributed by atoms with Gasteiger partial charge in [-0.25, -0.2) is 0 Å². The van der Waals surface area contributed by atoms with Gasteiger partial charge < -0.3 is 16.8 Å². The van der Waals surface area contributed by atoms with Crippen molar-refractivity contribution in [2.24, 2.45) is 11.5 Å². The van der Waals surface area contributed by atoms with Crippen molar-refractivity contribution in [3.63, 3.8) is 0 Å². The summed E-state index contributed by atoms with van der Waals surface area (Å²) in [4.78, 5) is 11.8. The lowest BCUT2D eigenvalue weighted by molar-refractivity contribution is -0.123. The molecule has 2 atom stereocenters. The van der Waals surface area contributed by atoms with Crippen LogP contribution < -0.4 is 16.8 Å². The Labute approximate surface area is 150 Å². The summed E-state index contributed by atoms with van der Waals surface area (Å²) in [5.74, 6) is -0.0909. The minimum atomic E-state index is -5.84. The molecular formula is C15H24F3N3O4S. The molecule has 6 N–H and O–H groups in total. The van der Waals surface area contributed by atoms with Crippen molar-refractivity contribution in [3.05, 3.63) is 35.9 Å². The van der Waals surface area contributed by atoms with Crippen molar-refractivity contribution in [1.82, 2.24) is 5.32 Å². The van der Waals surface area contributed by atoms with E-state index in [-0.39, 0.29) is 11.9 Å². The van der Waals surface area contributed by atoms with Crippen LogP contribution in [0.25, 0.3) is 0 Å². The van der Waals surface area contributed by atoms with Gasteiger partial charge in [0.05, 0.1) is 6.04 Å². The second-order valence-electron chi connectivity index (χ2n) is 5.56. The third-order valence-electron chi connectivity index (χ3n) is 3.12. The predicted molar refractivity (Wildman–Crippen MR) is 91.6 cm³/mol. The average molecular weight is 399 g/mol. The Morgan fingerprint density at radius 1 is 1.27 bits per heavy atom. The Kier molecular flexibility index (Phi) is 10.4. The van der Waals surface area contributed by atoms with Crippen LogP contribution in [0.3, 0.4) is 0 Å². The van der Waals surface area contributed by atoms with Crippen molar-refractivity contribution in [2.45, 2.75) is 43.8 Å². The first-order valence-corrected chi connectivity index (χ1v) is 9.16.